The van der Waals surface area contributed by atoms with Gasteiger partial charge in [-0.3, -0.25) is 4.79 Å². The molecule has 0 aliphatic rings. The second-order valence-electron chi connectivity index (χ2n) is 4.33. The number of carbonyl (C=O) groups is 1. The molecular weight excluding hydrogens is 176 g/mol. The summed E-state index contributed by atoms with van der Waals surface area (Å²) in [6.07, 6.45) is 7.56. The van der Waals surface area contributed by atoms with E-state index in [9.17, 15) is 4.79 Å². The summed E-state index contributed by atoms with van der Waals surface area (Å²) in [5.74, 6) is 0.522. The van der Waals surface area contributed by atoms with Crippen LogP contribution < -0.4 is 0 Å². The predicted octanol–water partition coefficient (Wildman–Crippen LogP) is 3.48. The number of carboxylic acids is 1. The molecule has 0 spiro atoms. The van der Waals surface area contributed by atoms with Gasteiger partial charge >= 0.3 is 5.97 Å². The molecule has 0 aromatic carbocycles. The van der Waals surface area contributed by atoms with Crippen LogP contribution in [0.3, 0.4) is 0 Å². The van der Waals surface area contributed by atoms with Crippen LogP contribution in [0.25, 0.3) is 0 Å². The van der Waals surface area contributed by atoms with E-state index < -0.39 is 5.97 Å². The fraction of sp³-hybridized carbons (Fsp3) is 0.750. The van der Waals surface area contributed by atoms with Crippen molar-refractivity contribution in [3.05, 3.63) is 12.2 Å². The molecule has 14 heavy (non-hydrogen) atoms. The zero-order chi connectivity index (χ0) is 11.0. The van der Waals surface area contributed by atoms with E-state index in [0.717, 1.165) is 12.3 Å². The molecule has 0 saturated heterocycles. The van der Waals surface area contributed by atoms with Gasteiger partial charge in [0, 0.05) is 0 Å². The highest BCUT2D eigenvalue weighted by atomic mass is 16.4. The van der Waals surface area contributed by atoms with Crippen molar-refractivity contribution in [3.8, 4) is 0 Å². The van der Waals surface area contributed by atoms with Crippen molar-refractivity contribution in [3.63, 3.8) is 0 Å². The summed E-state index contributed by atoms with van der Waals surface area (Å²) in [5.41, 5.74) is 0. The molecule has 0 amide bonds. The van der Waals surface area contributed by atoms with E-state index in [0.29, 0.717) is 5.92 Å². The molecule has 0 fully saturated rings. The van der Waals surface area contributed by atoms with Gasteiger partial charge in [-0.25, -0.2) is 0 Å². The lowest BCUT2D eigenvalue weighted by molar-refractivity contribution is -0.136. The van der Waals surface area contributed by atoms with Crippen molar-refractivity contribution >= 4 is 5.97 Å². The third-order valence-corrected chi connectivity index (χ3v) is 2.20. The van der Waals surface area contributed by atoms with E-state index >= 15 is 0 Å². The molecule has 0 radical (unpaired) electrons. The monoisotopic (exact) mass is 198 g/mol. The number of aliphatic carboxylic acids is 1. The highest BCUT2D eigenvalue weighted by molar-refractivity contribution is 5.68. The van der Waals surface area contributed by atoms with E-state index in [2.05, 4.69) is 20.8 Å². The van der Waals surface area contributed by atoms with Crippen LogP contribution in [0.5, 0.6) is 0 Å². The Morgan fingerprint density at radius 1 is 1.29 bits per heavy atom. The predicted molar refractivity (Wildman–Crippen MR) is 59.2 cm³/mol. The van der Waals surface area contributed by atoms with Gasteiger partial charge in [-0.05, 0) is 18.3 Å². The Morgan fingerprint density at radius 3 is 2.43 bits per heavy atom. The highest BCUT2D eigenvalue weighted by Gasteiger charge is 1.99. The van der Waals surface area contributed by atoms with E-state index in [1.54, 1.807) is 6.08 Å². The van der Waals surface area contributed by atoms with E-state index in [1.165, 1.54) is 12.8 Å². The molecular formula is C12H22O2. The van der Waals surface area contributed by atoms with Gasteiger partial charge in [0.05, 0.1) is 6.42 Å². The van der Waals surface area contributed by atoms with Gasteiger partial charge in [-0.15, -0.1) is 0 Å². The lowest BCUT2D eigenvalue weighted by atomic mass is 9.99. The lowest BCUT2D eigenvalue weighted by Crippen LogP contribution is -1.94. The van der Waals surface area contributed by atoms with Gasteiger partial charge in [0.2, 0.25) is 0 Å². The Labute approximate surface area is 87.0 Å². The van der Waals surface area contributed by atoms with Crippen LogP contribution >= 0.6 is 0 Å². The summed E-state index contributed by atoms with van der Waals surface area (Å²) in [7, 11) is 0. The molecule has 0 aliphatic heterocycles. The first kappa shape index (κ1) is 13.2. The normalized spacial score (nSPS) is 13.7. The molecule has 0 aromatic rings. The van der Waals surface area contributed by atoms with Crippen molar-refractivity contribution in [2.45, 2.75) is 46.5 Å². The molecule has 0 heterocycles. The van der Waals surface area contributed by atoms with Crippen LogP contribution in [0.15, 0.2) is 12.2 Å². The van der Waals surface area contributed by atoms with Gasteiger partial charge in [-0.2, -0.15) is 0 Å². The third kappa shape index (κ3) is 9.30. The van der Waals surface area contributed by atoms with Gasteiger partial charge in [0.1, 0.15) is 0 Å². The summed E-state index contributed by atoms with van der Waals surface area (Å²) in [6, 6.07) is 0. The average molecular weight is 198 g/mol. The minimum Gasteiger partial charge on any atom is -0.481 e. The number of carboxylic acid groups (broad SMARTS) is 1. The van der Waals surface area contributed by atoms with Crippen LogP contribution in [0.2, 0.25) is 0 Å². The topological polar surface area (TPSA) is 37.3 Å². The average Bonchev–Trinajstić information content (AvgIpc) is 2.02. The minimum absolute atomic E-state index is 0.147. The van der Waals surface area contributed by atoms with Crippen molar-refractivity contribution in [1.82, 2.24) is 0 Å². The molecule has 2 nitrogen and oxygen atoms in total. The molecule has 1 unspecified atom stereocenters. The van der Waals surface area contributed by atoms with Crippen LogP contribution in [-0.4, -0.2) is 11.1 Å². The maximum Gasteiger partial charge on any atom is 0.307 e. The van der Waals surface area contributed by atoms with Gasteiger partial charge in [0.15, 0.2) is 0 Å². The largest absolute Gasteiger partial charge is 0.481 e. The van der Waals surface area contributed by atoms with Crippen molar-refractivity contribution in [2.24, 2.45) is 11.8 Å². The number of hydrogen-bond donors (Lipinski definition) is 1. The summed E-state index contributed by atoms with van der Waals surface area (Å²) < 4.78 is 0. The summed E-state index contributed by atoms with van der Waals surface area (Å²) in [5, 5.41) is 8.42. The Balaban J connectivity index is 3.49. The molecule has 0 rings (SSSR count). The van der Waals surface area contributed by atoms with Crippen LogP contribution in [0.4, 0.5) is 0 Å². The lowest BCUT2D eigenvalue weighted by Gasteiger charge is -2.07. The molecule has 0 saturated carbocycles. The fourth-order valence-corrected chi connectivity index (χ4v) is 1.35. The van der Waals surface area contributed by atoms with E-state index in [-0.39, 0.29) is 6.42 Å². The summed E-state index contributed by atoms with van der Waals surface area (Å²) in [4.78, 5) is 10.2. The molecule has 1 N–H and O–H groups in total. The first-order valence-corrected chi connectivity index (χ1v) is 5.40. The SMILES string of the molecule is CC(C)CCCC(C)C=CCC(=O)O. The van der Waals surface area contributed by atoms with Gasteiger partial charge < -0.3 is 5.11 Å². The van der Waals surface area contributed by atoms with Crippen molar-refractivity contribution < 1.29 is 9.90 Å². The second kappa shape index (κ2) is 7.60. The molecule has 0 aliphatic carbocycles. The first-order valence-electron chi connectivity index (χ1n) is 5.40. The molecule has 0 bridgehead atoms. The maximum atomic E-state index is 10.2. The summed E-state index contributed by atoms with van der Waals surface area (Å²) >= 11 is 0. The minimum atomic E-state index is -0.754. The highest BCUT2D eigenvalue weighted by Crippen LogP contribution is 2.13. The Kier molecular flexibility index (Phi) is 7.17. The van der Waals surface area contributed by atoms with Crippen molar-refractivity contribution in [1.29, 1.82) is 0 Å². The molecule has 0 aromatic heterocycles. The third-order valence-electron chi connectivity index (χ3n) is 2.20. The first-order chi connectivity index (χ1) is 6.52. The smallest absolute Gasteiger partial charge is 0.307 e. The number of hydrogen-bond acceptors (Lipinski definition) is 1. The standard InChI is InChI=1S/C12H22O2/c1-10(2)6-4-7-11(3)8-5-9-12(13)14/h5,8,10-11H,4,6-7,9H2,1-3H3,(H,13,14). The molecule has 2 heteroatoms. The number of rotatable bonds is 7. The second-order valence-corrected chi connectivity index (χ2v) is 4.33. The zero-order valence-corrected chi connectivity index (χ0v) is 9.49. The fourth-order valence-electron chi connectivity index (χ4n) is 1.35. The maximum absolute atomic E-state index is 10.2. The van der Waals surface area contributed by atoms with E-state index in [4.69, 9.17) is 5.11 Å². The van der Waals surface area contributed by atoms with E-state index in [1.807, 2.05) is 6.08 Å². The van der Waals surface area contributed by atoms with Crippen LogP contribution in [0.1, 0.15) is 46.5 Å². The van der Waals surface area contributed by atoms with Crippen LogP contribution in [-0.2, 0) is 4.79 Å². The van der Waals surface area contributed by atoms with Gasteiger partial charge in [0.25, 0.3) is 0 Å². The Hall–Kier alpha value is -0.790. The number of allylic oxidation sites excluding steroid dienone is 1. The molecule has 1 atom stereocenters. The summed E-state index contributed by atoms with van der Waals surface area (Å²) in [6.45, 7) is 6.59. The molecule has 82 valence electrons. The Bertz CT molecular complexity index is 183. The zero-order valence-electron chi connectivity index (χ0n) is 9.49. The Morgan fingerprint density at radius 2 is 1.93 bits per heavy atom. The van der Waals surface area contributed by atoms with Crippen LogP contribution in [0, 0.1) is 11.8 Å². The quantitative estimate of drug-likeness (QED) is 0.636. The van der Waals surface area contributed by atoms with Crippen molar-refractivity contribution in [2.75, 3.05) is 0 Å². The van der Waals surface area contributed by atoms with Gasteiger partial charge in [-0.1, -0.05) is 45.8 Å².